The Morgan fingerprint density at radius 2 is 1.94 bits per heavy atom. The van der Waals surface area contributed by atoms with Gasteiger partial charge in [0, 0.05) is 31.9 Å². The molecule has 1 amide bonds. The van der Waals surface area contributed by atoms with Crippen molar-refractivity contribution in [1.29, 1.82) is 0 Å². The normalized spacial score (nSPS) is 21.0. The number of piperidine rings is 1. The first kappa shape index (κ1) is 21.2. The SMILES string of the molecule is CCC1=NNC(=O)C12CCN(c1ncc(-c3ccc4c(c3)CS(=O)(=O)N4C)cc1Cl)CC2. The summed E-state index contributed by atoms with van der Waals surface area (Å²) in [4.78, 5) is 19.2. The second-order valence-corrected chi connectivity index (χ2v) is 10.9. The van der Waals surface area contributed by atoms with Gasteiger partial charge in [0.2, 0.25) is 10.0 Å². The number of nitrogens with zero attached hydrogens (tertiary/aromatic N) is 4. The third-order valence-electron chi connectivity index (χ3n) is 6.86. The van der Waals surface area contributed by atoms with Crippen LogP contribution in [0.1, 0.15) is 31.7 Å². The van der Waals surface area contributed by atoms with Crippen molar-refractivity contribution in [3.8, 4) is 11.1 Å². The molecule has 1 N–H and O–H groups in total. The predicted molar refractivity (Wildman–Crippen MR) is 125 cm³/mol. The minimum atomic E-state index is -3.28. The Morgan fingerprint density at radius 3 is 2.62 bits per heavy atom. The number of aromatic nitrogens is 1. The Bertz CT molecular complexity index is 1250. The van der Waals surface area contributed by atoms with Crippen LogP contribution in [0.15, 0.2) is 35.6 Å². The lowest BCUT2D eigenvalue weighted by molar-refractivity contribution is -0.127. The highest BCUT2D eigenvalue weighted by molar-refractivity contribution is 7.92. The van der Waals surface area contributed by atoms with Crippen LogP contribution in [0.25, 0.3) is 11.1 Å². The van der Waals surface area contributed by atoms with E-state index in [1.807, 2.05) is 31.2 Å². The Labute approximate surface area is 192 Å². The predicted octanol–water partition coefficient (Wildman–Crippen LogP) is 3.16. The van der Waals surface area contributed by atoms with E-state index in [9.17, 15) is 13.2 Å². The number of pyridine rings is 1. The first-order valence-electron chi connectivity index (χ1n) is 10.6. The maximum atomic E-state index is 12.4. The van der Waals surface area contributed by atoms with Gasteiger partial charge in [-0.1, -0.05) is 24.6 Å². The second-order valence-electron chi connectivity index (χ2n) is 8.52. The third kappa shape index (κ3) is 3.17. The second kappa shape index (κ2) is 7.45. The zero-order valence-corrected chi connectivity index (χ0v) is 19.5. The number of carbonyl (C=O) groups excluding carboxylic acids is 1. The van der Waals surface area contributed by atoms with Crippen molar-refractivity contribution in [2.75, 3.05) is 29.3 Å². The molecule has 1 aromatic heterocycles. The minimum Gasteiger partial charge on any atom is -0.355 e. The molecule has 3 aliphatic rings. The van der Waals surface area contributed by atoms with E-state index in [0.29, 0.717) is 42.5 Å². The lowest BCUT2D eigenvalue weighted by Crippen LogP contribution is -2.48. The van der Waals surface area contributed by atoms with Crippen molar-refractivity contribution in [3.05, 3.63) is 41.0 Å². The van der Waals surface area contributed by atoms with Gasteiger partial charge in [-0.3, -0.25) is 9.10 Å². The summed E-state index contributed by atoms with van der Waals surface area (Å²) in [5.41, 5.74) is 6.26. The van der Waals surface area contributed by atoms with Crippen LogP contribution in [0.5, 0.6) is 0 Å². The van der Waals surface area contributed by atoms with Gasteiger partial charge in [0.25, 0.3) is 5.91 Å². The van der Waals surface area contributed by atoms with E-state index in [4.69, 9.17) is 11.6 Å². The van der Waals surface area contributed by atoms with Gasteiger partial charge in [0.1, 0.15) is 5.82 Å². The highest BCUT2D eigenvalue weighted by Gasteiger charge is 2.48. The highest BCUT2D eigenvalue weighted by Crippen LogP contribution is 2.40. The molecule has 5 rings (SSSR count). The topological polar surface area (TPSA) is 95.0 Å². The van der Waals surface area contributed by atoms with Crippen LogP contribution in [0.3, 0.4) is 0 Å². The van der Waals surface area contributed by atoms with Crippen molar-refractivity contribution in [1.82, 2.24) is 10.4 Å². The molecule has 1 aromatic carbocycles. The number of carbonyl (C=O) groups is 1. The fourth-order valence-electron chi connectivity index (χ4n) is 4.95. The number of nitrogens with one attached hydrogen (secondary N) is 1. The highest BCUT2D eigenvalue weighted by atomic mass is 35.5. The molecule has 0 atom stereocenters. The summed E-state index contributed by atoms with van der Waals surface area (Å²) in [6, 6.07) is 7.46. The molecule has 2 aromatic rings. The van der Waals surface area contributed by atoms with E-state index >= 15 is 0 Å². The van der Waals surface area contributed by atoms with E-state index in [0.717, 1.165) is 28.8 Å². The number of benzene rings is 1. The van der Waals surface area contributed by atoms with E-state index in [2.05, 4.69) is 20.4 Å². The molecule has 3 aliphatic heterocycles. The standard InChI is InChI=1S/C22H24ClN5O3S/c1-3-19-22(21(29)26-25-19)6-8-28(9-7-22)20-17(23)11-15(12-24-20)14-4-5-18-16(10-14)13-32(30,31)27(18)2/h4-5,10-12H,3,6-9,13H2,1-2H3,(H,26,29). The summed E-state index contributed by atoms with van der Waals surface area (Å²) in [5.74, 6) is 0.688. The van der Waals surface area contributed by atoms with E-state index in [-0.39, 0.29) is 11.7 Å². The lowest BCUT2D eigenvalue weighted by atomic mass is 9.73. The average Bonchev–Trinajstić information content (AvgIpc) is 3.20. The van der Waals surface area contributed by atoms with Gasteiger partial charge in [-0.2, -0.15) is 5.10 Å². The number of anilines is 2. The van der Waals surface area contributed by atoms with Crippen molar-refractivity contribution in [2.24, 2.45) is 10.5 Å². The third-order valence-corrected chi connectivity index (χ3v) is 8.85. The molecule has 0 unspecified atom stereocenters. The van der Waals surface area contributed by atoms with Gasteiger partial charge < -0.3 is 4.90 Å². The average molecular weight is 474 g/mol. The molecule has 168 valence electrons. The first-order chi connectivity index (χ1) is 15.2. The molecular weight excluding hydrogens is 450 g/mol. The number of amides is 1. The Morgan fingerprint density at radius 1 is 1.19 bits per heavy atom. The Kier molecular flexibility index (Phi) is 4.94. The quantitative estimate of drug-likeness (QED) is 0.738. The zero-order chi connectivity index (χ0) is 22.7. The minimum absolute atomic E-state index is 0.00191. The summed E-state index contributed by atoms with van der Waals surface area (Å²) >= 11 is 6.62. The van der Waals surface area contributed by atoms with E-state index in [1.54, 1.807) is 13.2 Å². The fraction of sp³-hybridized carbons (Fsp3) is 0.409. The van der Waals surface area contributed by atoms with Crippen molar-refractivity contribution in [3.63, 3.8) is 0 Å². The first-order valence-corrected chi connectivity index (χ1v) is 12.6. The summed E-state index contributed by atoms with van der Waals surface area (Å²) < 4.78 is 25.6. The number of hydrogen-bond acceptors (Lipinski definition) is 6. The summed E-state index contributed by atoms with van der Waals surface area (Å²) in [5, 5.41) is 4.76. The van der Waals surface area contributed by atoms with Crippen molar-refractivity contribution < 1.29 is 13.2 Å². The smallest absolute Gasteiger partial charge is 0.252 e. The molecule has 8 nitrogen and oxygen atoms in total. The molecule has 1 fully saturated rings. The molecule has 10 heteroatoms. The molecular formula is C22H24ClN5O3S. The maximum Gasteiger partial charge on any atom is 0.252 e. The number of hydrazone groups is 1. The molecule has 0 aliphatic carbocycles. The molecule has 4 heterocycles. The Balaban J connectivity index is 1.37. The van der Waals surface area contributed by atoms with Crippen LogP contribution in [0.4, 0.5) is 11.5 Å². The lowest BCUT2D eigenvalue weighted by Gasteiger charge is -2.38. The number of hydrogen-bond donors (Lipinski definition) is 1. The van der Waals surface area contributed by atoms with Crippen LogP contribution in [0.2, 0.25) is 5.02 Å². The Hall–Kier alpha value is -2.65. The van der Waals surface area contributed by atoms with Gasteiger partial charge in [0.05, 0.1) is 27.6 Å². The van der Waals surface area contributed by atoms with Crippen molar-refractivity contribution in [2.45, 2.75) is 31.9 Å². The summed E-state index contributed by atoms with van der Waals surface area (Å²) in [7, 11) is -1.71. The zero-order valence-electron chi connectivity index (χ0n) is 17.9. The largest absolute Gasteiger partial charge is 0.355 e. The monoisotopic (exact) mass is 473 g/mol. The molecule has 0 radical (unpaired) electrons. The molecule has 1 saturated heterocycles. The number of rotatable bonds is 3. The summed E-state index contributed by atoms with van der Waals surface area (Å²) in [6.07, 6.45) is 3.88. The van der Waals surface area contributed by atoms with Gasteiger partial charge in [-0.15, -0.1) is 0 Å². The van der Waals surface area contributed by atoms with Gasteiger partial charge >= 0.3 is 0 Å². The van der Waals surface area contributed by atoms with Crippen LogP contribution < -0.4 is 14.6 Å². The summed E-state index contributed by atoms with van der Waals surface area (Å²) in [6.45, 7) is 3.36. The molecule has 32 heavy (non-hydrogen) atoms. The maximum absolute atomic E-state index is 12.4. The molecule has 0 bridgehead atoms. The number of halogens is 1. The van der Waals surface area contributed by atoms with E-state index in [1.165, 1.54) is 4.31 Å². The molecule has 0 saturated carbocycles. The molecule has 1 spiro atoms. The van der Waals surface area contributed by atoms with Crippen LogP contribution in [-0.2, 0) is 20.6 Å². The van der Waals surface area contributed by atoms with Crippen molar-refractivity contribution >= 4 is 44.7 Å². The van der Waals surface area contributed by atoms with Gasteiger partial charge in [0.15, 0.2) is 0 Å². The van der Waals surface area contributed by atoms with Crippen LogP contribution in [-0.4, -0.2) is 45.2 Å². The van der Waals surface area contributed by atoms with Crippen LogP contribution >= 0.6 is 11.6 Å². The number of fused-ring (bicyclic) bond motifs is 1. The van der Waals surface area contributed by atoms with Gasteiger partial charge in [-0.05, 0) is 48.6 Å². The van der Waals surface area contributed by atoms with Crippen LogP contribution in [0, 0.1) is 5.41 Å². The van der Waals surface area contributed by atoms with Gasteiger partial charge in [-0.25, -0.2) is 18.8 Å². The number of sulfonamides is 1. The fourth-order valence-corrected chi connectivity index (χ4v) is 6.53. The van der Waals surface area contributed by atoms with E-state index < -0.39 is 15.4 Å².